The van der Waals surface area contributed by atoms with E-state index in [9.17, 15) is 4.79 Å². The molecule has 0 unspecified atom stereocenters. The predicted molar refractivity (Wildman–Crippen MR) is 56.6 cm³/mol. The van der Waals surface area contributed by atoms with Crippen LogP contribution in [0.25, 0.3) is 0 Å². The van der Waals surface area contributed by atoms with Gasteiger partial charge in [-0.3, -0.25) is 4.79 Å². The molecule has 1 aromatic rings. The third-order valence-electron chi connectivity index (χ3n) is 2.80. The number of carbonyl (C=O) groups excluding carboxylic acids is 1. The maximum Gasteiger partial charge on any atom is 0.271 e. The fraction of sp³-hybridized carbons (Fsp3) is 0.700. The Labute approximate surface area is 93.8 Å². The number of amides is 1. The summed E-state index contributed by atoms with van der Waals surface area (Å²) >= 11 is 0. The van der Waals surface area contributed by atoms with E-state index in [0.29, 0.717) is 12.3 Å². The van der Waals surface area contributed by atoms with E-state index < -0.39 is 5.91 Å². The molecule has 0 bridgehead atoms. The smallest absolute Gasteiger partial charge is 0.271 e. The van der Waals surface area contributed by atoms with Gasteiger partial charge in [-0.25, -0.2) is 4.68 Å². The zero-order chi connectivity index (χ0) is 11.5. The molecule has 88 valence electrons. The van der Waals surface area contributed by atoms with Crippen LogP contribution in [0.15, 0.2) is 0 Å². The first-order valence-corrected chi connectivity index (χ1v) is 5.43. The van der Waals surface area contributed by atoms with Gasteiger partial charge in [0.2, 0.25) is 0 Å². The molecule has 6 heteroatoms. The van der Waals surface area contributed by atoms with E-state index in [0.717, 1.165) is 18.9 Å². The Morgan fingerprint density at radius 2 is 2.38 bits per heavy atom. The Balaban J connectivity index is 2.11. The number of primary amides is 1. The highest BCUT2D eigenvalue weighted by atomic mass is 16.5. The minimum atomic E-state index is -0.551. The number of hydrogen-bond donors (Lipinski definition) is 1. The van der Waals surface area contributed by atoms with E-state index in [-0.39, 0.29) is 5.69 Å². The summed E-state index contributed by atoms with van der Waals surface area (Å²) in [5.41, 5.74) is 6.11. The van der Waals surface area contributed by atoms with Gasteiger partial charge in [-0.2, -0.15) is 0 Å². The van der Waals surface area contributed by atoms with Crippen LogP contribution in [0.3, 0.4) is 0 Å². The number of ether oxygens (including phenoxy) is 1. The van der Waals surface area contributed by atoms with Gasteiger partial charge in [-0.05, 0) is 12.3 Å². The average Bonchev–Trinajstić information content (AvgIpc) is 2.98. The Bertz CT molecular complexity index is 384. The number of aryl methyl sites for hydroxylation is 1. The van der Waals surface area contributed by atoms with Crippen molar-refractivity contribution in [2.75, 3.05) is 7.11 Å². The first-order valence-electron chi connectivity index (χ1n) is 5.43. The van der Waals surface area contributed by atoms with Crippen LogP contribution in [0.1, 0.15) is 35.4 Å². The van der Waals surface area contributed by atoms with Crippen LogP contribution in [0.2, 0.25) is 0 Å². The van der Waals surface area contributed by atoms with Gasteiger partial charge >= 0.3 is 0 Å². The number of carbonyl (C=O) groups is 1. The molecular formula is C10H16N4O2. The van der Waals surface area contributed by atoms with E-state index in [2.05, 4.69) is 10.3 Å². The van der Waals surface area contributed by atoms with Crippen molar-refractivity contribution in [2.24, 2.45) is 11.7 Å². The summed E-state index contributed by atoms with van der Waals surface area (Å²) in [5.74, 6) is 0.265. The Morgan fingerprint density at radius 1 is 1.62 bits per heavy atom. The fourth-order valence-corrected chi connectivity index (χ4v) is 1.69. The lowest BCUT2D eigenvalue weighted by Gasteiger charge is -2.05. The Morgan fingerprint density at radius 3 is 2.94 bits per heavy atom. The van der Waals surface area contributed by atoms with E-state index >= 15 is 0 Å². The van der Waals surface area contributed by atoms with Crippen LogP contribution in [0, 0.1) is 5.92 Å². The zero-order valence-electron chi connectivity index (χ0n) is 9.35. The minimum Gasteiger partial charge on any atom is -0.378 e. The summed E-state index contributed by atoms with van der Waals surface area (Å²) in [6.45, 7) is 1.10. The highest BCUT2D eigenvalue weighted by Gasteiger charge is 2.23. The second kappa shape index (κ2) is 4.61. The maximum absolute atomic E-state index is 11.1. The highest BCUT2D eigenvalue weighted by molar-refractivity contribution is 5.91. The molecule has 1 saturated carbocycles. The van der Waals surface area contributed by atoms with Gasteiger partial charge in [0.15, 0.2) is 5.69 Å². The largest absolute Gasteiger partial charge is 0.378 e. The number of rotatable bonds is 6. The van der Waals surface area contributed by atoms with Gasteiger partial charge in [0.05, 0.1) is 12.3 Å². The van der Waals surface area contributed by atoms with Gasteiger partial charge in [0.25, 0.3) is 5.91 Å². The summed E-state index contributed by atoms with van der Waals surface area (Å²) < 4.78 is 6.76. The van der Waals surface area contributed by atoms with Gasteiger partial charge in [-0.1, -0.05) is 18.1 Å². The quantitative estimate of drug-likeness (QED) is 0.754. The normalized spacial score (nSPS) is 15.3. The lowest BCUT2D eigenvalue weighted by atomic mass is 10.2. The predicted octanol–water partition coefficient (Wildman–Crippen LogP) is 0.323. The second-order valence-corrected chi connectivity index (χ2v) is 4.14. The minimum absolute atomic E-state index is 0.220. The van der Waals surface area contributed by atoms with E-state index in [1.165, 1.54) is 12.8 Å². The Kier molecular flexibility index (Phi) is 3.19. The average molecular weight is 224 g/mol. The molecule has 1 heterocycles. The molecule has 16 heavy (non-hydrogen) atoms. The van der Waals surface area contributed by atoms with Gasteiger partial charge in [0.1, 0.15) is 0 Å². The number of methoxy groups -OCH3 is 1. The fourth-order valence-electron chi connectivity index (χ4n) is 1.69. The van der Waals surface area contributed by atoms with Crippen LogP contribution < -0.4 is 5.73 Å². The summed E-state index contributed by atoms with van der Waals surface area (Å²) in [7, 11) is 1.57. The van der Waals surface area contributed by atoms with Crippen molar-refractivity contribution in [1.29, 1.82) is 0 Å². The molecule has 0 saturated heterocycles. The first kappa shape index (κ1) is 11.1. The molecular weight excluding hydrogens is 208 g/mol. The molecule has 2 rings (SSSR count). The van der Waals surface area contributed by atoms with Crippen LogP contribution >= 0.6 is 0 Å². The van der Waals surface area contributed by atoms with Gasteiger partial charge in [-0.15, -0.1) is 5.10 Å². The molecule has 0 spiro atoms. The van der Waals surface area contributed by atoms with Crippen molar-refractivity contribution in [3.63, 3.8) is 0 Å². The summed E-state index contributed by atoms with van der Waals surface area (Å²) in [5, 5.41) is 7.73. The molecule has 1 aromatic heterocycles. The van der Waals surface area contributed by atoms with Crippen molar-refractivity contribution in [3.05, 3.63) is 11.4 Å². The molecule has 1 aliphatic rings. The van der Waals surface area contributed by atoms with Crippen LogP contribution in [0.4, 0.5) is 0 Å². The second-order valence-electron chi connectivity index (χ2n) is 4.14. The van der Waals surface area contributed by atoms with Gasteiger partial charge in [0, 0.05) is 13.7 Å². The molecule has 0 radical (unpaired) electrons. The van der Waals surface area contributed by atoms with Crippen LogP contribution in [0.5, 0.6) is 0 Å². The molecule has 2 N–H and O–H groups in total. The van der Waals surface area contributed by atoms with E-state index in [4.69, 9.17) is 10.5 Å². The summed E-state index contributed by atoms with van der Waals surface area (Å²) in [4.78, 5) is 11.1. The van der Waals surface area contributed by atoms with E-state index in [1.54, 1.807) is 11.8 Å². The van der Waals surface area contributed by atoms with Crippen molar-refractivity contribution >= 4 is 5.91 Å². The molecule has 1 fully saturated rings. The highest BCUT2D eigenvalue weighted by Crippen LogP contribution is 2.32. The zero-order valence-corrected chi connectivity index (χ0v) is 9.35. The number of hydrogen-bond acceptors (Lipinski definition) is 4. The van der Waals surface area contributed by atoms with Crippen molar-refractivity contribution in [2.45, 2.75) is 32.4 Å². The number of nitrogens with two attached hydrogens (primary N) is 1. The lowest BCUT2D eigenvalue weighted by Crippen LogP contribution is -2.16. The van der Waals surface area contributed by atoms with Crippen LogP contribution in [-0.4, -0.2) is 28.0 Å². The maximum atomic E-state index is 11.1. The molecule has 0 aliphatic heterocycles. The molecule has 0 aromatic carbocycles. The third kappa shape index (κ3) is 2.38. The molecule has 1 amide bonds. The van der Waals surface area contributed by atoms with Gasteiger partial charge < -0.3 is 10.5 Å². The molecule has 1 aliphatic carbocycles. The first-order chi connectivity index (χ1) is 7.72. The standard InChI is InChI=1S/C10H16N4O2/c1-16-6-8-9(10(11)15)12-13-14(8)5-4-7-2-3-7/h7H,2-6H2,1H3,(H2,11,15). The molecule has 6 nitrogen and oxygen atoms in total. The van der Waals surface area contributed by atoms with Crippen molar-refractivity contribution in [1.82, 2.24) is 15.0 Å². The van der Waals surface area contributed by atoms with Crippen LogP contribution in [-0.2, 0) is 17.9 Å². The number of aromatic nitrogens is 3. The molecule has 0 atom stereocenters. The third-order valence-corrected chi connectivity index (χ3v) is 2.80. The van der Waals surface area contributed by atoms with Crippen molar-refractivity contribution in [3.8, 4) is 0 Å². The number of nitrogens with zero attached hydrogens (tertiary/aromatic N) is 3. The monoisotopic (exact) mass is 224 g/mol. The van der Waals surface area contributed by atoms with Crippen molar-refractivity contribution < 1.29 is 9.53 Å². The topological polar surface area (TPSA) is 83.0 Å². The summed E-state index contributed by atoms with van der Waals surface area (Å²) in [6.07, 6.45) is 3.69. The summed E-state index contributed by atoms with van der Waals surface area (Å²) in [6, 6.07) is 0. The van der Waals surface area contributed by atoms with E-state index in [1.807, 2.05) is 0 Å². The Hall–Kier alpha value is -1.43. The SMILES string of the molecule is COCc1c(C(N)=O)nnn1CCC1CC1. The lowest BCUT2D eigenvalue weighted by molar-refractivity contribution is 0.0989.